The molecule has 0 amide bonds. The van der Waals surface area contributed by atoms with Gasteiger partial charge in [0, 0.05) is 12.1 Å². The summed E-state index contributed by atoms with van der Waals surface area (Å²) >= 11 is 0. The van der Waals surface area contributed by atoms with Gasteiger partial charge in [-0.3, -0.25) is 9.80 Å². The van der Waals surface area contributed by atoms with E-state index in [9.17, 15) is 5.11 Å². The van der Waals surface area contributed by atoms with E-state index < -0.39 is 5.60 Å². The molecule has 0 aliphatic carbocycles. The van der Waals surface area contributed by atoms with E-state index in [0.29, 0.717) is 12.0 Å². The number of hydrogen-bond donors (Lipinski definition) is 1. The van der Waals surface area contributed by atoms with Crippen molar-refractivity contribution in [1.82, 2.24) is 9.80 Å². The Morgan fingerprint density at radius 3 is 1.74 bits per heavy atom. The van der Waals surface area contributed by atoms with E-state index in [1.165, 1.54) is 51.6 Å². The lowest BCUT2D eigenvalue weighted by molar-refractivity contribution is -0.114. The third kappa shape index (κ3) is 4.70. The Balaban J connectivity index is 2.18. The van der Waals surface area contributed by atoms with Crippen LogP contribution < -0.4 is 0 Å². The van der Waals surface area contributed by atoms with Crippen molar-refractivity contribution < 1.29 is 5.11 Å². The molecule has 2 fully saturated rings. The fourth-order valence-electron chi connectivity index (χ4n) is 4.78. The molecule has 3 atom stereocenters. The number of nitrogens with zero attached hydrogens (tertiary/aromatic N) is 2. The first-order valence-electron chi connectivity index (χ1n) is 10.2. The normalized spacial score (nSPS) is 26.9. The van der Waals surface area contributed by atoms with Gasteiger partial charge in [0.2, 0.25) is 0 Å². The lowest BCUT2D eigenvalue weighted by Crippen LogP contribution is -2.64. The van der Waals surface area contributed by atoms with Crippen LogP contribution in [0.1, 0.15) is 79.1 Å². The molecule has 136 valence electrons. The van der Waals surface area contributed by atoms with Crippen molar-refractivity contribution in [2.75, 3.05) is 26.2 Å². The monoisotopic (exact) mass is 324 g/mol. The summed E-state index contributed by atoms with van der Waals surface area (Å²) < 4.78 is 0. The van der Waals surface area contributed by atoms with Crippen molar-refractivity contribution in [3.8, 4) is 0 Å². The van der Waals surface area contributed by atoms with Gasteiger partial charge in [0.25, 0.3) is 0 Å². The fraction of sp³-hybridized carbons (Fsp3) is 1.00. The van der Waals surface area contributed by atoms with Gasteiger partial charge in [0.15, 0.2) is 0 Å². The second-order valence-corrected chi connectivity index (χ2v) is 8.36. The van der Waals surface area contributed by atoms with E-state index >= 15 is 0 Å². The van der Waals surface area contributed by atoms with Crippen molar-refractivity contribution in [3.63, 3.8) is 0 Å². The molecule has 0 bridgehead atoms. The Morgan fingerprint density at radius 2 is 1.30 bits per heavy atom. The van der Waals surface area contributed by atoms with Crippen molar-refractivity contribution in [2.24, 2.45) is 5.92 Å². The van der Waals surface area contributed by atoms with Crippen molar-refractivity contribution in [2.45, 2.75) is 96.7 Å². The maximum atomic E-state index is 11.8. The first-order chi connectivity index (χ1) is 11.0. The van der Waals surface area contributed by atoms with Gasteiger partial charge in [0.1, 0.15) is 0 Å². The summed E-state index contributed by atoms with van der Waals surface area (Å²) in [5.74, 6) is 0.633. The van der Waals surface area contributed by atoms with Gasteiger partial charge >= 0.3 is 0 Å². The maximum absolute atomic E-state index is 11.8. The summed E-state index contributed by atoms with van der Waals surface area (Å²) in [6, 6.07) is 0.572. The predicted molar refractivity (Wildman–Crippen MR) is 98.8 cm³/mol. The average molecular weight is 325 g/mol. The molecule has 0 spiro atoms. The largest absolute Gasteiger partial charge is 0.387 e. The summed E-state index contributed by atoms with van der Waals surface area (Å²) in [6.07, 6.45) is 9.87. The lowest BCUT2D eigenvalue weighted by atomic mass is 9.78. The molecule has 0 aromatic carbocycles. The maximum Gasteiger partial charge on any atom is 0.0951 e. The molecular weight excluding hydrogens is 284 g/mol. The molecule has 0 aromatic rings. The Kier molecular flexibility index (Phi) is 7.37. The van der Waals surface area contributed by atoms with Gasteiger partial charge in [0.05, 0.1) is 5.60 Å². The zero-order valence-corrected chi connectivity index (χ0v) is 16.1. The molecule has 2 saturated heterocycles. The zero-order chi connectivity index (χ0) is 16.9. The van der Waals surface area contributed by atoms with Crippen LogP contribution in [0.15, 0.2) is 0 Å². The second kappa shape index (κ2) is 8.82. The van der Waals surface area contributed by atoms with Crippen LogP contribution in [-0.4, -0.2) is 58.8 Å². The van der Waals surface area contributed by atoms with E-state index in [1.54, 1.807) is 0 Å². The van der Waals surface area contributed by atoms with Crippen molar-refractivity contribution in [3.05, 3.63) is 0 Å². The summed E-state index contributed by atoms with van der Waals surface area (Å²) in [5, 5.41) is 11.8. The third-order valence-corrected chi connectivity index (χ3v) is 6.33. The molecule has 0 saturated carbocycles. The number of hydrogen-bond acceptors (Lipinski definition) is 3. The molecule has 3 nitrogen and oxygen atoms in total. The minimum Gasteiger partial charge on any atom is -0.387 e. The molecule has 0 radical (unpaired) electrons. The van der Waals surface area contributed by atoms with Crippen molar-refractivity contribution >= 4 is 0 Å². The smallest absolute Gasteiger partial charge is 0.0951 e. The number of piperidine rings is 2. The van der Waals surface area contributed by atoms with Crippen LogP contribution in [-0.2, 0) is 0 Å². The Labute approximate surface area is 144 Å². The van der Waals surface area contributed by atoms with E-state index in [1.807, 2.05) is 0 Å². The van der Waals surface area contributed by atoms with Crippen LogP contribution in [0.25, 0.3) is 0 Å². The van der Waals surface area contributed by atoms with E-state index in [4.69, 9.17) is 0 Å². The highest BCUT2D eigenvalue weighted by atomic mass is 16.3. The summed E-state index contributed by atoms with van der Waals surface area (Å²) in [6.45, 7) is 13.8. The Hall–Kier alpha value is -0.120. The lowest BCUT2D eigenvalue weighted by Gasteiger charge is -2.51. The van der Waals surface area contributed by atoms with Crippen LogP contribution in [0, 0.1) is 5.92 Å². The second-order valence-electron chi connectivity index (χ2n) is 8.36. The first-order valence-corrected chi connectivity index (χ1v) is 10.2. The summed E-state index contributed by atoms with van der Waals surface area (Å²) in [4.78, 5) is 5.18. The standard InChI is InChI=1S/C20H40N2O/c1-5-20(23,18(4)21-12-8-6-9-13-21)19(16-17(2)3)22-14-10-7-11-15-22/h17-19,23H,5-16H2,1-4H3. The quantitative estimate of drug-likeness (QED) is 0.769. The molecule has 2 heterocycles. The minimum atomic E-state index is -0.584. The van der Waals surface area contributed by atoms with E-state index in [0.717, 1.165) is 25.9 Å². The molecule has 2 aliphatic rings. The zero-order valence-electron chi connectivity index (χ0n) is 16.1. The van der Waals surface area contributed by atoms with Gasteiger partial charge in [-0.1, -0.05) is 33.6 Å². The van der Waals surface area contributed by atoms with Crippen LogP contribution in [0.5, 0.6) is 0 Å². The van der Waals surface area contributed by atoms with Gasteiger partial charge in [-0.25, -0.2) is 0 Å². The highest BCUT2D eigenvalue weighted by Crippen LogP contribution is 2.34. The molecule has 2 aliphatic heterocycles. The predicted octanol–water partition coefficient (Wildman–Crippen LogP) is 3.90. The van der Waals surface area contributed by atoms with Crippen LogP contribution >= 0.6 is 0 Å². The topological polar surface area (TPSA) is 26.7 Å². The number of aliphatic hydroxyl groups is 1. The van der Waals surface area contributed by atoms with Crippen molar-refractivity contribution in [1.29, 1.82) is 0 Å². The molecule has 3 unspecified atom stereocenters. The van der Waals surface area contributed by atoms with Gasteiger partial charge in [-0.2, -0.15) is 0 Å². The van der Waals surface area contributed by atoms with E-state index in [2.05, 4.69) is 37.5 Å². The van der Waals surface area contributed by atoms with Crippen LogP contribution in [0.4, 0.5) is 0 Å². The SMILES string of the molecule is CCC(O)(C(C)N1CCCCC1)C(CC(C)C)N1CCCCC1. The van der Waals surface area contributed by atoms with Gasteiger partial charge in [-0.15, -0.1) is 0 Å². The van der Waals surface area contributed by atoms with Crippen LogP contribution in [0.3, 0.4) is 0 Å². The first kappa shape index (κ1) is 19.2. The fourth-order valence-corrected chi connectivity index (χ4v) is 4.78. The number of likely N-dealkylation sites (tertiary alicyclic amines) is 2. The molecule has 2 rings (SSSR count). The third-order valence-electron chi connectivity index (χ3n) is 6.33. The average Bonchev–Trinajstić information content (AvgIpc) is 2.59. The van der Waals surface area contributed by atoms with Gasteiger partial charge in [-0.05, 0) is 77.5 Å². The molecule has 1 N–H and O–H groups in total. The number of rotatable bonds is 7. The molecule has 0 aromatic heterocycles. The highest BCUT2D eigenvalue weighted by molar-refractivity contribution is 5.01. The summed E-state index contributed by atoms with van der Waals surface area (Å²) in [7, 11) is 0. The highest BCUT2D eigenvalue weighted by Gasteiger charge is 2.45. The Morgan fingerprint density at radius 1 is 0.826 bits per heavy atom. The molecule has 23 heavy (non-hydrogen) atoms. The van der Waals surface area contributed by atoms with E-state index in [-0.39, 0.29) is 6.04 Å². The minimum absolute atomic E-state index is 0.262. The molecule has 3 heteroatoms. The summed E-state index contributed by atoms with van der Waals surface area (Å²) in [5.41, 5.74) is -0.584. The van der Waals surface area contributed by atoms with Crippen LogP contribution in [0.2, 0.25) is 0 Å². The molecular formula is C20H40N2O. The Bertz CT molecular complexity index is 335. The van der Waals surface area contributed by atoms with Gasteiger partial charge < -0.3 is 5.11 Å².